The number of likely N-dealkylation sites (tertiary alicyclic amines) is 1. The fraction of sp³-hybridized carbons (Fsp3) is 0.778. The number of piperidine rings is 1. The Morgan fingerprint density at radius 3 is 2.88 bits per heavy atom. The molecule has 1 aromatic heterocycles. The van der Waals surface area contributed by atoms with Gasteiger partial charge in [-0.05, 0) is 37.6 Å². The molecular formula is C18H34IN5S. The summed E-state index contributed by atoms with van der Waals surface area (Å²) in [6.45, 7) is 12.2. The quantitative estimate of drug-likeness (QED) is 0.358. The van der Waals surface area contributed by atoms with Crippen molar-refractivity contribution in [2.45, 2.75) is 46.6 Å². The minimum absolute atomic E-state index is 0. The van der Waals surface area contributed by atoms with Crippen molar-refractivity contribution in [1.82, 2.24) is 20.5 Å². The molecule has 144 valence electrons. The predicted molar refractivity (Wildman–Crippen MR) is 119 cm³/mol. The van der Waals surface area contributed by atoms with E-state index in [-0.39, 0.29) is 24.0 Å². The van der Waals surface area contributed by atoms with Crippen LogP contribution in [0.5, 0.6) is 0 Å². The van der Waals surface area contributed by atoms with Crippen molar-refractivity contribution in [3.05, 3.63) is 16.1 Å². The summed E-state index contributed by atoms with van der Waals surface area (Å²) in [5, 5.41) is 7.99. The van der Waals surface area contributed by atoms with Gasteiger partial charge in [0.2, 0.25) is 0 Å². The summed E-state index contributed by atoms with van der Waals surface area (Å²) in [7, 11) is 1.83. The van der Waals surface area contributed by atoms with Crippen LogP contribution in [-0.2, 0) is 13.0 Å². The third-order valence-corrected chi connectivity index (χ3v) is 5.51. The molecule has 25 heavy (non-hydrogen) atoms. The summed E-state index contributed by atoms with van der Waals surface area (Å²) in [4.78, 5) is 12.7. The number of halogens is 1. The number of nitrogens with one attached hydrogen (secondary N) is 2. The Bertz CT molecular complexity index is 517. The Morgan fingerprint density at radius 2 is 2.24 bits per heavy atom. The molecule has 5 nitrogen and oxygen atoms in total. The van der Waals surface area contributed by atoms with E-state index in [1.807, 2.05) is 13.2 Å². The fourth-order valence-corrected chi connectivity index (χ4v) is 4.02. The van der Waals surface area contributed by atoms with Gasteiger partial charge in [0.25, 0.3) is 0 Å². The second-order valence-electron chi connectivity index (χ2n) is 7.04. The third kappa shape index (κ3) is 8.21. The van der Waals surface area contributed by atoms with Crippen LogP contribution in [-0.4, -0.2) is 49.1 Å². The predicted octanol–water partition coefficient (Wildman–Crippen LogP) is 3.36. The van der Waals surface area contributed by atoms with Gasteiger partial charge in [-0.15, -0.1) is 35.3 Å². The van der Waals surface area contributed by atoms with Crippen LogP contribution in [0.15, 0.2) is 11.2 Å². The highest BCUT2D eigenvalue weighted by molar-refractivity contribution is 14.0. The van der Waals surface area contributed by atoms with Crippen molar-refractivity contribution in [1.29, 1.82) is 0 Å². The molecule has 1 aromatic rings. The number of hydrogen-bond acceptors (Lipinski definition) is 4. The molecule has 7 heteroatoms. The van der Waals surface area contributed by atoms with Crippen molar-refractivity contribution >= 4 is 41.3 Å². The minimum Gasteiger partial charge on any atom is -0.356 e. The molecule has 0 spiro atoms. The van der Waals surface area contributed by atoms with E-state index in [4.69, 9.17) is 0 Å². The number of aromatic nitrogens is 1. The molecular weight excluding hydrogens is 445 g/mol. The number of rotatable bonds is 7. The Kier molecular flexibility index (Phi) is 10.9. The summed E-state index contributed by atoms with van der Waals surface area (Å²) < 4.78 is 0. The number of hydrogen-bond donors (Lipinski definition) is 2. The lowest BCUT2D eigenvalue weighted by molar-refractivity contribution is 0.159. The van der Waals surface area contributed by atoms with Crippen molar-refractivity contribution < 1.29 is 0 Å². The standard InChI is InChI=1S/C18H33N5S.HI/c1-5-16-10-20-17(24-16)11-22-18(19-4)21-9-15-7-6-8-23(13-15)12-14(2)3;/h10,14-15H,5-9,11-13H2,1-4H3,(H2,19,21,22);1H. The van der Waals surface area contributed by atoms with Gasteiger partial charge >= 0.3 is 0 Å². The van der Waals surface area contributed by atoms with E-state index in [0.29, 0.717) is 5.92 Å². The summed E-state index contributed by atoms with van der Waals surface area (Å²) in [5.41, 5.74) is 0. The molecule has 0 radical (unpaired) electrons. The Morgan fingerprint density at radius 1 is 1.44 bits per heavy atom. The van der Waals surface area contributed by atoms with E-state index in [1.165, 1.54) is 37.4 Å². The summed E-state index contributed by atoms with van der Waals surface area (Å²) >= 11 is 1.77. The van der Waals surface area contributed by atoms with Gasteiger partial charge in [0.05, 0.1) is 6.54 Å². The number of aliphatic imine (C=N–C) groups is 1. The second kappa shape index (κ2) is 12.1. The molecule has 0 amide bonds. The molecule has 2 heterocycles. The van der Waals surface area contributed by atoms with E-state index in [9.17, 15) is 0 Å². The smallest absolute Gasteiger partial charge is 0.191 e. The van der Waals surface area contributed by atoms with Crippen LogP contribution < -0.4 is 10.6 Å². The SMILES string of the molecule is CCc1cnc(CNC(=NC)NCC2CCCN(CC(C)C)C2)s1.I. The van der Waals surface area contributed by atoms with Crippen LogP contribution in [0.1, 0.15) is 43.5 Å². The van der Waals surface area contributed by atoms with Crippen molar-refractivity contribution in [2.24, 2.45) is 16.8 Å². The van der Waals surface area contributed by atoms with Crippen molar-refractivity contribution in [3.8, 4) is 0 Å². The van der Waals surface area contributed by atoms with Crippen molar-refractivity contribution in [2.75, 3.05) is 33.2 Å². The lowest BCUT2D eigenvalue weighted by atomic mass is 9.97. The molecule has 2 rings (SSSR count). The van der Waals surface area contributed by atoms with Gasteiger partial charge in [0, 0.05) is 37.8 Å². The highest BCUT2D eigenvalue weighted by atomic mass is 127. The maximum absolute atomic E-state index is 4.45. The molecule has 1 aliphatic rings. The lowest BCUT2D eigenvalue weighted by Gasteiger charge is -2.34. The van der Waals surface area contributed by atoms with Gasteiger partial charge in [-0.25, -0.2) is 4.98 Å². The van der Waals surface area contributed by atoms with Gasteiger partial charge < -0.3 is 15.5 Å². The zero-order valence-corrected chi connectivity index (χ0v) is 19.2. The van der Waals surface area contributed by atoms with Gasteiger partial charge in [-0.1, -0.05) is 20.8 Å². The van der Waals surface area contributed by atoms with Gasteiger partial charge in [0.1, 0.15) is 5.01 Å². The van der Waals surface area contributed by atoms with Crippen LogP contribution in [0.2, 0.25) is 0 Å². The fourth-order valence-electron chi connectivity index (χ4n) is 3.21. The number of nitrogens with zero attached hydrogens (tertiary/aromatic N) is 3. The number of thiazole rings is 1. The van der Waals surface area contributed by atoms with Crippen molar-refractivity contribution in [3.63, 3.8) is 0 Å². The maximum atomic E-state index is 4.45. The first-order valence-electron chi connectivity index (χ1n) is 9.21. The first-order valence-corrected chi connectivity index (χ1v) is 10.0. The first-order chi connectivity index (χ1) is 11.6. The monoisotopic (exact) mass is 479 g/mol. The normalized spacial score (nSPS) is 18.9. The molecule has 0 aromatic carbocycles. The van der Waals surface area contributed by atoms with E-state index < -0.39 is 0 Å². The molecule has 1 fully saturated rings. The van der Waals surface area contributed by atoms with Gasteiger partial charge in [0.15, 0.2) is 5.96 Å². The minimum atomic E-state index is 0. The molecule has 1 saturated heterocycles. The molecule has 1 unspecified atom stereocenters. The Balaban J connectivity index is 0.00000312. The zero-order chi connectivity index (χ0) is 17.4. The molecule has 1 aliphatic heterocycles. The highest BCUT2D eigenvalue weighted by Crippen LogP contribution is 2.17. The Labute approximate surface area is 174 Å². The topological polar surface area (TPSA) is 52.6 Å². The summed E-state index contributed by atoms with van der Waals surface area (Å²) in [5.74, 6) is 2.34. The van der Waals surface area contributed by atoms with E-state index in [0.717, 1.165) is 36.4 Å². The van der Waals surface area contributed by atoms with Crippen LogP contribution in [0.25, 0.3) is 0 Å². The van der Waals surface area contributed by atoms with Gasteiger partial charge in [-0.3, -0.25) is 4.99 Å². The maximum Gasteiger partial charge on any atom is 0.191 e. The van der Waals surface area contributed by atoms with Crippen LogP contribution in [0, 0.1) is 11.8 Å². The molecule has 0 bridgehead atoms. The number of aryl methyl sites for hydroxylation is 1. The Hall–Kier alpha value is -0.410. The molecule has 0 saturated carbocycles. The van der Waals surface area contributed by atoms with Crippen LogP contribution in [0.4, 0.5) is 0 Å². The summed E-state index contributed by atoms with van der Waals surface area (Å²) in [6.07, 6.45) is 5.65. The average Bonchev–Trinajstić information content (AvgIpc) is 3.03. The largest absolute Gasteiger partial charge is 0.356 e. The van der Waals surface area contributed by atoms with Crippen LogP contribution >= 0.6 is 35.3 Å². The third-order valence-electron chi connectivity index (χ3n) is 4.37. The molecule has 0 aliphatic carbocycles. The second-order valence-corrected chi connectivity index (χ2v) is 8.24. The molecule has 2 N–H and O–H groups in total. The zero-order valence-electron chi connectivity index (χ0n) is 16.0. The summed E-state index contributed by atoms with van der Waals surface area (Å²) in [6, 6.07) is 0. The van der Waals surface area contributed by atoms with E-state index in [2.05, 4.69) is 46.3 Å². The number of guanidine groups is 1. The highest BCUT2D eigenvalue weighted by Gasteiger charge is 2.20. The average molecular weight is 479 g/mol. The first kappa shape index (κ1) is 22.6. The van der Waals surface area contributed by atoms with Gasteiger partial charge in [-0.2, -0.15) is 0 Å². The van der Waals surface area contributed by atoms with E-state index >= 15 is 0 Å². The van der Waals surface area contributed by atoms with Crippen LogP contribution in [0.3, 0.4) is 0 Å². The van der Waals surface area contributed by atoms with E-state index in [1.54, 1.807) is 11.3 Å². The molecule has 1 atom stereocenters. The lowest BCUT2D eigenvalue weighted by Crippen LogP contribution is -2.44.